The minimum Gasteiger partial charge on any atom is -0.383 e. The molecule has 5 N–H and O–H groups in total. The van der Waals surface area contributed by atoms with Crippen molar-refractivity contribution in [3.05, 3.63) is 17.7 Å². The predicted molar refractivity (Wildman–Crippen MR) is 71.4 cm³/mol. The Morgan fingerprint density at radius 3 is 2.70 bits per heavy atom. The van der Waals surface area contributed by atoms with Gasteiger partial charge in [0.25, 0.3) is 0 Å². The molecule has 0 aromatic carbocycles. The maximum Gasteiger partial charge on any atom is 0.225 e. The van der Waals surface area contributed by atoms with E-state index in [0.717, 1.165) is 12.2 Å². The number of nitrogen functional groups attached to an aromatic ring is 2. The lowest BCUT2D eigenvalue weighted by atomic mass is 10.4. The number of hydrogen-bond acceptors (Lipinski definition) is 9. The lowest BCUT2D eigenvalue weighted by molar-refractivity contribution is 0.199. The Morgan fingerprint density at radius 2 is 2.00 bits per heavy atom. The molecule has 2 heterocycles. The summed E-state index contributed by atoms with van der Waals surface area (Å²) >= 11 is 0. The van der Waals surface area contributed by atoms with Crippen LogP contribution < -0.4 is 16.8 Å². The molecule has 2 aromatic heterocycles. The van der Waals surface area contributed by atoms with E-state index < -0.39 is 0 Å². The van der Waals surface area contributed by atoms with Crippen LogP contribution in [-0.4, -0.2) is 50.2 Å². The number of anilines is 2. The summed E-state index contributed by atoms with van der Waals surface area (Å²) in [4.78, 5) is 11.7. The number of ether oxygens (including phenoxy) is 1. The molecule has 0 aliphatic carbocycles. The van der Waals surface area contributed by atoms with Gasteiger partial charge in [-0.2, -0.15) is 15.0 Å². The average Bonchev–Trinajstić information content (AvgIpc) is 2.81. The highest BCUT2D eigenvalue weighted by Crippen LogP contribution is 2.01. The molecule has 0 aliphatic heterocycles. The molecular weight excluding hydrogens is 262 g/mol. The van der Waals surface area contributed by atoms with Crippen molar-refractivity contribution >= 4 is 11.9 Å². The van der Waals surface area contributed by atoms with Gasteiger partial charge in [0.1, 0.15) is 6.54 Å². The molecule has 0 radical (unpaired) electrons. The second kappa shape index (κ2) is 6.73. The van der Waals surface area contributed by atoms with Crippen molar-refractivity contribution in [1.82, 2.24) is 35.3 Å². The van der Waals surface area contributed by atoms with E-state index in [-0.39, 0.29) is 11.9 Å². The molecule has 108 valence electrons. The van der Waals surface area contributed by atoms with Crippen LogP contribution in [0.5, 0.6) is 0 Å². The molecule has 0 bridgehead atoms. The zero-order chi connectivity index (χ0) is 14.4. The number of methoxy groups -OCH3 is 1. The second-order valence-electron chi connectivity index (χ2n) is 4.05. The zero-order valence-corrected chi connectivity index (χ0v) is 11.2. The van der Waals surface area contributed by atoms with Gasteiger partial charge in [0.05, 0.1) is 18.5 Å². The Bertz CT molecular complexity index is 535. The fraction of sp³-hybridized carbons (Fsp3) is 0.500. The van der Waals surface area contributed by atoms with E-state index >= 15 is 0 Å². The van der Waals surface area contributed by atoms with Gasteiger partial charge in [-0.05, 0) is 0 Å². The van der Waals surface area contributed by atoms with E-state index in [2.05, 4.69) is 30.6 Å². The Balaban J connectivity index is 1.92. The molecule has 0 saturated carbocycles. The van der Waals surface area contributed by atoms with E-state index in [1.54, 1.807) is 18.0 Å². The number of nitrogens with two attached hydrogens (primary N) is 2. The van der Waals surface area contributed by atoms with Crippen molar-refractivity contribution in [2.75, 3.05) is 31.7 Å². The van der Waals surface area contributed by atoms with Gasteiger partial charge >= 0.3 is 0 Å². The summed E-state index contributed by atoms with van der Waals surface area (Å²) < 4.78 is 6.55. The Morgan fingerprint density at radius 1 is 1.25 bits per heavy atom. The van der Waals surface area contributed by atoms with E-state index in [4.69, 9.17) is 16.2 Å². The molecule has 10 nitrogen and oxygen atoms in total. The van der Waals surface area contributed by atoms with Gasteiger partial charge in [0.2, 0.25) is 11.9 Å². The van der Waals surface area contributed by atoms with Gasteiger partial charge in [-0.25, -0.2) is 4.68 Å². The molecule has 0 fully saturated rings. The normalized spacial score (nSPS) is 10.8. The Kier molecular flexibility index (Phi) is 4.74. The molecule has 0 amide bonds. The van der Waals surface area contributed by atoms with Crippen LogP contribution >= 0.6 is 0 Å². The summed E-state index contributed by atoms with van der Waals surface area (Å²) in [5.74, 6) is 0.627. The van der Waals surface area contributed by atoms with E-state index in [1.165, 1.54) is 0 Å². The number of hydrogen-bond donors (Lipinski definition) is 3. The van der Waals surface area contributed by atoms with Gasteiger partial charge in [-0.3, -0.25) is 0 Å². The highest BCUT2D eigenvalue weighted by molar-refractivity contribution is 5.25. The molecule has 0 spiro atoms. The van der Waals surface area contributed by atoms with Gasteiger partial charge in [0.15, 0.2) is 5.82 Å². The number of nitrogens with one attached hydrogen (secondary N) is 1. The molecule has 0 unspecified atom stereocenters. The van der Waals surface area contributed by atoms with Crippen LogP contribution in [0.3, 0.4) is 0 Å². The Labute approximate surface area is 115 Å². The van der Waals surface area contributed by atoms with Crippen molar-refractivity contribution in [2.45, 2.75) is 13.1 Å². The third-order valence-corrected chi connectivity index (χ3v) is 2.39. The van der Waals surface area contributed by atoms with Gasteiger partial charge in [0, 0.05) is 20.2 Å². The van der Waals surface area contributed by atoms with Crippen LogP contribution in [-0.2, 0) is 17.8 Å². The van der Waals surface area contributed by atoms with Crippen LogP contribution in [0.2, 0.25) is 0 Å². The first-order chi connectivity index (χ1) is 9.67. The van der Waals surface area contributed by atoms with Crippen LogP contribution in [0.15, 0.2) is 6.20 Å². The summed E-state index contributed by atoms with van der Waals surface area (Å²) in [5.41, 5.74) is 11.8. The summed E-state index contributed by atoms with van der Waals surface area (Å²) in [7, 11) is 1.66. The summed E-state index contributed by atoms with van der Waals surface area (Å²) in [6, 6.07) is 0. The minimum atomic E-state index is 0.0917. The topological polar surface area (TPSA) is 143 Å². The SMILES string of the molecule is COCCNCc1cn(Cc2nc(N)nc(N)n2)nn1. The molecule has 2 rings (SSSR count). The van der Waals surface area contributed by atoms with Crippen molar-refractivity contribution in [3.8, 4) is 0 Å². The van der Waals surface area contributed by atoms with E-state index in [9.17, 15) is 0 Å². The fourth-order valence-electron chi connectivity index (χ4n) is 1.56. The first-order valence-corrected chi connectivity index (χ1v) is 6.02. The first kappa shape index (κ1) is 14.1. The lowest BCUT2D eigenvalue weighted by Crippen LogP contribution is -2.18. The van der Waals surface area contributed by atoms with Gasteiger partial charge in [-0.15, -0.1) is 5.10 Å². The third-order valence-electron chi connectivity index (χ3n) is 2.39. The third kappa shape index (κ3) is 4.10. The van der Waals surface area contributed by atoms with Crippen molar-refractivity contribution in [3.63, 3.8) is 0 Å². The van der Waals surface area contributed by atoms with E-state index in [0.29, 0.717) is 25.5 Å². The van der Waals surface area contributed by atoms with Crippen molar-refractivity contribution in [2.24, 2.45) is 0 Å². The van der Waals surface area contributed by atoms with Crippen LogP contribution in [0, 0.1) is 0 Å². The summed E-state index contributed by atoms with van der Waals surface area (Å²) in [6.07, 6.45) is 1.80. The summed E-state index contributed by atoms with van der Waals surface area (Å²) in [5, 5.41) is 11.2. The number of nitrogens with zero attached hydrogens (tertiary/aromatic N) is 6. The zero-order valence-electron chi connectivity index (χ0n) is 11.2. The van der Waals surface area contributed by atoms with Gasteiger partial charge < -0.3 is 21.5 Å². The number of aromatic nitrogens is 6. The Hall–Kier alpha value is -2.33. The summed E-state index contributed by atoms with van der Waals surface area (Å²) in [6.45, 7) is 2.36. The highest BCUT2D eigenvalue weighted by atomic mass is 16.5. The molecule has 2 aromatic rings. The number of rotatable bonds is 7. The smallest absolute Gasteiger partial charge is 0.225 e. The lowest BCUT2D eigenvalue weighted by Gasteiger charge is -2.01. The maximum atomic E-state index is 5.50. The molecule has 0 saturated heterocycles. The van der Waals surface area contributed by atoms with Crippen molar-refractivity contribution in [1.29, 1.82) is 0 Å². The molecular formula is C10H17N9O. The maximum absolute atomic E-state index is 5.50. The second-order valence-corrected chi connectivity index (χ2v) is 4.05. The largest absolute Gasteiger partial charge is 0.383 e. The van der Waals surface area contributed by atoms with Crippen LogP contribution in [0.4, 0.5) is 11.9 Å². The van der Waals surface area contributed by atoms with Crippen LogP contribution in [0.1, 0.15) is 11.5 Å². The van der Waals surface area contributed by atoms with Crippen molar-refractivity contribution < 1.29 is 4.74 Å². The van der Waals surface area contributed by atoms with E-state index in [1.807, 2.05) is 0 Å². The monoisotopic (exact) mass is 279 g/mol. The van der Waals surface area contributed by atoms with Crippen LogP contribution in [0.25, 0.3) is 0 Å². The average molecular weight is 279 g/mol. The standard InChI is InChI=1S/C10H17N9O/c1-20-3-2-13-4-7-5-19(18-17-7)6-8-14-9(11)16-10(12)15-8/h5,13H,2-4,6H2,1H3,(H4,11,12,14,15,16). The highest BCUT2D eigenvalue weighted by Gasteiger charge is 2.05. The van der Waals surface area contributed by atoms with Gasteiger partial charge in [-0.1, -0.05) is 5.21 Å². The first-order valence-electron chi connectivity index (χ1n) is 6.02. The molecule has 20 heavy (non-hydrogen) atoms. The molecule has 10 heteroatoms. The minimum absolute atomic E-state index is 0.0917. The molecule has 0 aliphatic rings. The quantitative estimate of drug-likeness (QED) is 0.511. The fourth-order valence-corrected chi connectivity index (χ4v) is 1.56. The molecule has 0 atom stereocenters. The predicted octanol–water partition coefficient (Wildman–Crippen LogP) is -1.59.